The van der Waals surface area contributed by atoms with Crippen molar-refractivity contribution in [1.29, 1.82) is 0 Å². The van der Waals surface area contributed by atoms with Gasteiger partial charge in [-0.2, -0.15) is 0 Å². The molecule has 0 saturated carbocycles. The fourth-order valence-corrected chi connectivity index (χ4v) is 4.44. The summed E-state index contributed by atoms with van der Waals surface area (Å²) in [6.45, 7) is 0. The zero-order valence-electron chi connectivity index (χ0n) is 10.5. The molecule has 1 aromatic heterocycles. The number of aliphatic carboxylic acids is 1. The van der Waals surface area contributed by atoms with E-state index in [0.29, 0.717) is 4.34 Å². The number of thiophene rings is 1. The summed E-state index contributed by atoms with van der Waals surface area (Å²) in [5.41, 5.74) is 0.873. The highest BCUT2D eigenvalue weighted by molar-refractivity contribution is 7.85. The first-order valence-electron chi connectivity index (χ1n) is 5.94. The number of rotatable bonds is 6. The molecule has 0 amide bonds. The van der Waals surface area contributed by atoms with E-state index in [9.17, 15) is 14.1 Å². The minimum atomic E-state index is -1.47. The van der Waals surface area contributed by atoms with Gasteiger partial charge in [-0.3, -0.25) is 9.00 Å². The molecule has 0 aliphatic rings. The Kier molecular flexibility index (Phi) is 5.34. The van der Waals surface area contributed by atoms with Gasteiger partial charge in [-0.05, 0) is 24.1 Å². The number of carboxylic acids is 1. The lowest BCUT2D eigenvalue weighted by Gasteiger charge is -2.11. The van der Waals surface area contributed by atoms with Crippen molar-refractivity contribution < 1.29 is 14.1 Å². The number of benzene rings is 1. The lowest BCUT2D eigenvalue weighted by molar-refractivity contribution is -0.136. The van der Waals surface area contributed by atoms with Gasteiger partial charge in [0.2, 0.25) is 0 Å². The van der Waals surface area contributed by atoms with E-state index in [2.05, 4.69) is 0 Å². The molecule has 3 nitrogen and oxygen atoms in total. The van der Waals surface area contributed by atoms with Crippen molar-refractivity contribution in [3.05, 3.63) is 57.2 Å². The summed E-state index contributed by atoms with van der Waals surface area (Å²) in [5, 5.41) is 8.37. The highest BCUT2D eigenvalue weighted by atomic mass is 35.5. The van der Waals surface area contributed by atoms with Crippen molar-refractivity contribution in [2.24, 2.45) is 0 Å². The van der Waals surface area contributed by atoms with Gasteiger partial charge in [-0.1, -0.05) is 41.9 Å². The van der Waals surface area contributed by atoms with E-state index < -0.39 is 22.0 Å². The summed E-state index contributed by atoms with van der Waals surface area (Å²) in [7, 11) is -1.47. The lowest BCUT2D eigenvalue weighted by Crippen LogP contribution is -2.28. The summed E-state index contributed by atoms with van der Waals surface area (Å²) in [6, 6.07) is 12.7. The van der Waals surface area contributed by atoms with E-state index in [1.807, 2.05) is 30.3 Å². The van der Waals surface area contributed by atoms with Crippen LogP contribution >= 0.6 is 22.9 Å². The number of carbonyl (C=O) groups is 1. The average Bonchev–Trinajstić information content (AvgIpc) is 2.82. The predicted octanol–water partition coefficient (Wildman–Crippen LogP) is 3.35. The molecule has 2 aromatic rings. The quantitative estimate of drug-likeness (QED) is 0.884. The summed E-state index contributed by atoms with van der Waals surface area (Å²) in [4.78, 5) is 12.2. The molecule has 0 saturated heterocycles. The molecule has 2 unspecified atom stereocenters. The molecular weight excluding hydrogens is 316 g/mol. The van der Waals surface area contributed by atoms with Crippen LogP contribution in [0.5, 0.6) is 0 Å². The Balaban J connectivity index is 2.08. The SMILES string of the molecule is O=C(O)C(Cc1ccccc1)S(=O)Cc1ccc(Cl)s1. The van der Waals surface area contributed by atoms with Crippen LogP contribution in [0.1, 0.15) is 10.4 Å². The largest absolute Gasteiger partial charge is 0.480 e. The Morgan fingerprint density at radius 3 is 2.50 bits per heavy atom. The molecule has 106 valence electrons. The molecule has 20 heavy (non-hydrogen) atoms. The number of carboxylic acid groups (broad SMARTS) is 1. The lowest BCUT2D eigenvalue weighted by atomic mass is 10.1. The van der Waals surface area contributed by atoms with Gasteiger partial charge in [0.05, 0.1) is 10.1 Å². The number of hydrogen-bond acceptors (Lipinski definition) is 3. The summed E-state index contributed by atoms with van der Waals surface area (Å²) >= 11 is 7.15. The van der Waals surface area contributed by atoms with Gasteiger partial charge >= 0.3 is 5.97 Å². The zero-order chi connectivity index (χ0) is 14.5. The van der Waals surface area contributed by atoms with Gasteiger partial charge in [-0.25, -0.2) is 0 Å². The van der Waals surface area contributed by atoms with Gasteiger partial charge in [0.25, 0.3) is 0 Å². The highest BCUT2D eigenvalue weighted by Gasteiger charge is 2.25. The maximum atomic E-state index is 12.3. The van der Waals surface area contributed by atoms with Crippen LogP contribution in [0, 0.1) is 0 Å². The topological polar surface area (TPSA) is 54.4 Å². The normalized spacial score (nSPS) is 13.8. The van der Waals surface area contributed by atoms with E-state index in [1.165, 1.54) is 11.3 Å². The fourth-order valence-electron chi connectivity index (χ4n) is 1.79. The predicted molar refractivity (Wildman–Crippen MR) is 82.7 cm³/mol. The fraction of sp³-hybridized carbons (Fsp3) is 0.214. The van der Waals surface area contributed by atoms with Crippen LogP contribution in [0.25, 0.3) is 0 Å². The molecule has 1 N–H and O–H groups in total. The van der Waals surface area contributed by atoms with Crippen LogP contribution in [0.3, 0.4) is 0 Å². The Labute approximate surface area is 128 Å². The van der Waals surface area contributed by atoms with Crippen molar-refractivity contribution >= 4 is 39.7 Å². The molecule has 0 spiro atoms. The maximum absolute atomic E-state index is 12.3. The van der Waals surface area contributed by atoms with Gasteiger partial charge in [0, 0.05) is 15.7 Å². The minimum absolute atomic E-state index is 0.223. The van der Waals surface area contributed by atoms with E-state index in [4.69, 9.17) is 11.6 Å². The Hall–Kier alpha value is -1.17. The molecule has 2 atom stereocenters. The van der Waals surface area contributed by atoms with Crippen molar-refractivity contribution in [2.75, 3.05) is 0 Å². The van der Waals surface area contributed by atoms with Crippen LogP contribution in [-0.4, -0.2) is 20.5 Å². The van der Waals surface area contributed by atoms with Gasteiger partial charge in [0.1, 0.15) is 5.25 Å². The first kappa shape index (κ1) is 15.2. The molecule has 1 aromatic carbocycles. The second kappa shape index (κ2) is 7.02. The third kappa shape index (κ3) is 4.16. The van der Waals surface area contributed by atoms with Crippen molar-refractivity contribution in [3.63, 3.8) is 0 Å². The minimum Gasteiger partial charge on any atom is -0.480 e. The molecule has 0 bridgehead atoms. The molecule has 2 rings (SSSR count). The number of hydrogen-bond donors (Lipinski definition) is 1. The van der Waals surface area contributed by atoms with E-state index in [1.54, 1.807) is 12.1 Å². The van der Waals surface area contributed by atoms with Crippen molar-refractivity contribution in [1.82, 2.24) is 0 Å². The second-order valence-corrected chi connectivity index (χ2v) is 7.67. The first-order valence-corrected chi connectivity index (χ1v) is 8.52. The third-order valence-electron chi connectivity index (χ3n) is 2.77. The monoisotopic (exact) mass is 328 g/mol. The van der Waals surface area contributed by atoms with Crippen LogP contribution < -0.4 is 0 Å². The van der Waals surface area contributed by atoms with E-state index in [0.717, 1.165) is 10.4 Å². The summed E-state index contributed by atoms with van der Waals surface area (Å²) < 4.78 is 12.9. The highest BCUT2D eigenvalue weighted by Crippen LogP contribution is 2.23. The molecule has 0 radical (unpaired) electrons. The van der Waals surface area contributed by atoms with Crippen LogP contribution in [0.2, 0.25) is 4.34 Å². The summed E-state index contributed by atoms with van der Waals surface area (Å²) in [6.07, 6.45) is 0.266. The van der Waals surface area contributed by atoms with Crippen LogP contribution in [0.15, 0.2) is 42.5 Å². The van der Waals surface area contributed by atoms with E-state index >= 15 is 0 Å². The Bertz CT molecular complexity index is 610. The molecule has 0 fully saturated rings. The second-order valence-electron chi connectivity index (χ2n) is 4.25. The molecular formula is C14H13ClO3S2. The molecule has 1 heterocycles. The average molecular weight is 329 g/mol. The third-order valence-corrected chi connectivity index (χ3v) is 5.78. The zero-order valence-corrected chi connectivity index (χ0v) is 12.9. The van der Waals surface area contributed by atoms with Crippen LogP contribution in [0.4, 0.5) is 0 Å². The Morgan fingerprint density at radius 2 is 1.95 bits per heavy atom. The van der Waals surface area contributed by atoms with Crippen LogP contribution in [-0.2, 0) is 27.8 Å². The van der Waals surface area contributed by atoms with Crippen molar-refractivity contribution in [2.45, 2.75) is 17.4 Å². The van der Waals surface area contributed by atoms with Crippen molar-refractivity contribution in [3.8, 4) is 0 Å². The molecule has 0 aliphatic heterocycles. The van der Waals surface area contributed by atoms with E-state index in [-0.39, 0.29) is 12.2 Å². The standard InChI is InChI=1S/C14H13ClO3S2/c15-13-7-6-11(19-13)9-20(18)12(14(16)17)8-10-4-2-1-3-5-10/h1-7,12H,8-9H2,(H,16,17). The molecule has 6 heteroatoms. The number of halogens is 1. The first-order chi connectivity index (χ1) is 9.56. The van der Waals surface area contributed by atoms with Gasteiger partial charge in [0.15, 0.2) is 0 Å². The smallest absolute Gasteiger partial charge is 0.319 e. The Morgan fingerprint density at radius 1 is 1.25 bits per heavy atom. The maximum Gasteiger partial charge on any atom is 0.319 e. The van der Waals surface area contributed by atoms with Gasteiger partial charge in [-0.15, -0.1) is 11.3 Å². The molecule has 0 aliphatic carbocycles. The van der Waals surface area contributed by atoms with Gasteiger partial charge < -0.3 is 5.11 Å². The summed E-state index contributed by atoms with van der Waals surface area (Å²) in [5.74, 6) is -0.809.